The number of amidine groups is 1. The van der Waals surface area contributed by atoms with E-state index in [0.717, 1.165) is 6.07 Å². The van der Waals surface area contributed by atoms with Crippen LogP contribution in [-0.4, -0.2) is 87.2 Å². The van der Waals surface area contributed by atoms with Gasteiger partial charge in [-0.05, 0) is 47.2 Å². The topological polar surface area (TPSA) is 239 Å². The molecule has 0 radical (unpaired) electrons. The molecule has 0 spiro atoms. The fourth-order valence-electron chi connectivity index (χ4n) is 4.31. The van der Waals surface area contributed by atoms with Crippen LogP contribution >= 0.6 is 7.94 Å². The van der Waals surface area contributed by atoms with Crippen molar-refractivity contribution in [2.75, 3.05) is 31.7 Å². The first-order chi connectivity index (χ1) is 21.9. The van der Waals surface area contributed by atoms with Crippen LogP contribution in [0.15, 0.2) is 76.2 Å². The van der Waals surface area contributed by atoms with Gasteiger partial charge in [0.25, 0.3) is 0 Å². The summed E-state index contributed by atoms with van der Waals surface area (Å²) in [5, 5.41) is 19.6. The molecule has 4 rings (SSSR count). The van der Waals surface area contributed by atoms with Gasteiger partial charge >= 0.3 is 20.2 Å². The number of aromatic nitrogens is 1. The van der Waals surface area contributed by atoms with Crippen LogP contribution in [0.4, 0.5) is 19.7 Å². The summed E-state index contributed by atoms with van der Waals surface area (Å²) in [6, 6.07) is 12.8. The monoisotopic (exact) mass is 659 g/mol. The lowest BCUT2D eigenvalue weighted by molar-refractivity contribution is -0.121. The zero-order chi connectivity index (χ0) is 33.4. The fourth-order valence-corrected chi connectivity index (χ4v) is 5.24. The van der Waals surface area contributed by atoms with Gasteiger partial charge < -0.3 is 25.1 Å². The van der Waals surface area contributed by atoms with E-state index in [1.807, 2.05) is 0 Å². The summed E-state index contributed by atoms with van der Waals surface area (Å²) in [7, 11) is -3.12. The number of Topliss-reactive ketones (excluding diaryl/α,β-unsaturated/α-hetero) is 1. The van der Waals surface area contributed by atoms with Gasteiger partial charge in [0, 0.05) is 23.7 Å². The van der Waals surface area contributed by atoms with E-state index in [0.29, 0.717) is 16.8 Å². The second kappa shape index (κ2) is 14.9. The molecule has 2 atom stereocenters. The van der Waals surface area contributed by atoms with E-state index in [9.17, 15) is 29.1 Å². The Kier molecular flexibility index (Phi) is 11.0. The Bertz CT molecular complexity index is 1630. The number of aliphatic hydroxyl groups excluding tert-OH is 1. The van der Waals surface area contributed by atoms with Gasteiger partial charge in [0.1, 0.15) is 30.5 Å². The van der Waals surface area contributed by atoms with Crippen LogP contribution in [0, 0.1) is 5.82 Å². The van der Waals surface area contributed by atoms with Crippen molar-refractivity contribution >= 4 is 37.5 Å². The van der Waals surface area contributed by atoms with Crippen LogP contribution in [0.3, 0.4) is 0 Å². The van der Waals surface area contributed by atoms with E-state index in [-0.39, 0.29) is 42.4 Å². The van der Waals surface area contributed by atoms with Crippen LogP contribution in [0.2, 0.25) is 0 Å². The van der Waals surface area contributed by atoms with E-state index in [2.05, 4.69) is 20.4 Å². The van der Waals surface area contributed by atoms with E-state index >= 15 is 4.39 Å². The van der Waals surface area contributed by atoms with Crippen LogP contribution in [0.1, 0.15) is 11.3 Å². The Hall–Kier alpha value is -4.93. The van der Waals surface area contributed by atoms with E-state index in [1.54, 1.807) is 12.1 Å². The predicted octanol–water partition coefficient (Wildman–Crippen LogP) is 2.34. The first kappa shape index (κ1) is 34.0. The van der Waals surface area contributed by atoms with Crippen molar-refractivity contribution < 1.29 is 52.8 Å². The number of aliphatic hydroxyl groups is 1. The average Bonchev–Trinajstić information content (AvgIpc) is 3.41. The lowest BCUT2D eigenvalue weighted by Crippen LogP contribution is -2.29. The first-order valence-corrected chi connectivity index (χ1v) is 15.1. The number of halogens is 1. The van der Waals surface area contributed by atoms with Crippen LogP contribution < -0.4 is 15.4 Å². The number of anilines is 1. The molecule has 242 valence electrons. The molecule has 6 N–H and O–H groups in total. The lowest BCUT2D eigenvalue weighted by Gasteiger charge is -2.15. The number of ketones is 1. The molecule has 46 heavy (non-hydrogen) atoms. The molecule has 1 saturated heterocycles. The summed E-state index contributed by atoms with van der Waals surface area (Å²) >= 11 is 0. The minimum Gasteiger partial charge on any atom is -0.440 e. The van der Waals surface area contributed by atoms with Gasteiger partial charge in [-0.15, -0.1) is 5.10 Å². The fraction of sp³-hybridized carbons (Fsp3) is 0.250. The van der Waals surface area contributed by atoms with Crippen molar-refractivity contribution in [1.29, 1.82) is 0 Å². The van der Waals surface area contributed by atoms with Gasteiger partial charge in [-0.25, -0.2) is 14.0 Å². The molecule has 1 aliphatic rings. The molecular formula is C28H29FN6O10P+. The first-order valence-electron chi connectivity index (χ1n) is 13.4. The van der Waals surface area contributed by atoms with E-state index in [1.165, 1.54) is 54.5 Å². The zero-order valence-electron chi connectivity index (χ0n) is 24.1. The molecular weight excluding hydrogens is 630 g/mol. The normalized spacial score (nSPS) is 16.0. The van der Waals surface area contributed by atoms with Gasteiger partial charge in [0.05, 0.1) is 19.3 Å². The van der Waals surface area contributed by atoms with Crippen molar-refractivity contribution in [1.82, 2.24) is 4.98 Å². The van der Waals surface area contributed by atoms with Crippen LogP contribution in [0.5, 0.6) is 5.75 Å². The maximum Gasteiger partial charge on any atom is 0.513 e. The summed E-state index contributed by atoms with van der Waals surface area (Å²) < 4.78 is 30.4. The molecule has 0 bridgehead atoms. The summed E-state index contributed by atoms with van der Waals surface area (Å²) in [5.41, 5.74) is 5.77. The maximum absolute atomic E-state index is 15.1. The molecule has 1 aliphatic heterocycles. The number of cyclic esters (lactones) is 1. The molecule has 18 heteroatoms. The highest BCUT2D eigenvalue weighted by molar-refractivity contribution is 7.60. The molecule has 2 heterocycles. The van der Waals surface area contributed by atoms with Gasteiger partial charge in [0.2, 0.25) is 11.4 Å². The number of pyridine rings is 1. The Labute approximate surface area is 261 Å². The molecule has 1 amide bonds. The Balaban J connectivity index is 1.30. The van der Waals surface area contributed by atoms with Gasteiger partial charge in [-0.2, -0.15) is 19.8 Å². The number of benzene rings is 2. The van der Waals surface area contributed by atoms with Crippen LogP contribution in [0.25, 0.3) is 11.1 Å². The third-order valence-electron chi connectivity index (χ3n) is 6.60. The van der Waals surface area contributed by atoms with Gasteiger partial charge in [-0.1, -0.05) is 18.2 Å². The van der Waals surface area contributed by atoms with Gasteiger partial charge in [-0.3, -0.25) is 14.7 Å². The Morgan fingerprint density at radius 2 is 1.91 bits per heavy atom. The molecule has 2 aromatic carbocycles. The number of hydrogen-bond acceptors (Lipinski definition) is 13. The minimum atomic E-state index is -4.56. The second-order valence-corrected chi connectivity index (χ2v) is 11.6. The number of nitrogens with two attached hydrogens (primary N) is 1. The van der Waals surface area contributed by atoms with Crippen molar-refractivity contribution in [2.45, 2.75) is 18.2 Å². The second-order valence-electron chi connectivity index (χ2n) is 9.75. The maximum atomic E-state index is 15.1. The molecule has 0 aliphatic carbocycles. The van der Waals surface area contributed by atoms with Crippen molar-refractivity contribution in [2.24, 2.45) is 21.2 Å². The third-order valence-corrected chi connectivity index (χ3v) is 7.91. The number of rotatable bonds is 12. The zero-order valence-corrected chi connectivity index (χ0v) is 25.0. The van der Waals surface area contributed by atoms with Crippen molar-refractivity contribution in [3.05, 3.63) is 77.9 Å². The predicted molar refractivity (Wildman–Crippen MR) is 160 cm³/mol. The number of carbonyl (C=O) groups is 3. The van der Waals surface area contributed by atoms with E-state index < -0.39 is 50.2 Å². The number of carbonyl (C=O) groups excluding carboxylic acids is 3. The number of hydrogen-bond donors (Lipinski definition) is 5. The van der Waals surface area contributed by atoms with Crippen molar-refractivity contribution in [3.63, 3.8) is 0 Å². The van der Waals surface area contributed by atoms with Crippen LogP contribution in [-0.2, 0) is 20.7 Å². The van der Waals surface area contributed by atoms with E-state index in [4.69, 9.17) is 25.1 Å². The van der Waals surface area contributed by atoms with Crippen molar-refractivity contribution in [3.8, 4) is 16.9 Å². The SMILES string of the molecule is CN=NN=C(N)c1ccc(-c2ccc(N3C[C@H](COC(=O)Oc4ccc(CC(C(=O)CO)[P+](O)(O)O)cc4)OC3=O)cc2F)cn1. The quantitative estimate of drug-likeness (QED) is 0.0358. The largest absolute Gasteiger partial charge is 0.513 e. The van der Waals surface area contributed by atoms with Gasteiger partial charge in [0.15, 0.2) is 11.9 Å². The molecule has 16 nitrogen and oxygen atoms in total. The smallest absolute Gasteiger partial charge is 0.440 e. The Morgan fingerprint density at radius 1 is 1.17 bits per heavy atom. The lowest BCUT2D eigenvalue weighted by atomic mass is 10.1. The molecule has 1 unspecified atom stereocenters. The molecule has 1 aromatic heterocycles. The number of ether oxygens (including phenoxy) is 3. The molecule has 3 aromatic rings. The third kappa shape index (κ3) is 8.62. The number of amides is 1. The minimum absolute atomic E-state index is 0.0367. The Morgan fingerprint density at radius 3 is 2.52 bits per heavy atom. The highest BCUT2D eigenvalue weighted by atomic mass is 31.2. The molecule has 1 fully saturated rings. The standard InChI is InChI=1S/C28H29FN6O10P/c1-31-34-33-26(30)23-9-4-17(12-32-23)21-8-5-18(11-22(21)29)35-13-20(44-27(35)38)15-43-28(39)45-19-6-2-16(3-7-19)10-25(24(37)14-36)46(40,41)42/h2-9,11-12,20,25,36,40-42H,10,13-15H2,1H3,(H2,30,31,33)/q+1/t20-,25?/m1/s1. The summed E-state index contributed by atoms with van der Waals surface area (Å²) in [5.74, 6) is -1.49. The highest BCUT2D eigenvalue weighted by Gasteiger charge is 2.47. The summed E-state index contributed by atoms with van der Waals surface area (Å²) in [6.07, 6.45) is -1.62. The summed E-state index contributed by atoms with van der Waals surface area (Å²) in [4.78, 5) is 70.3. The molecule has 0 saturated carbocycles. The average molecular weight is 660 g/mol. The summed E-state index contributed by atoms with van der Waals surface area (Å²) in [6.45, 7) is -1.38. The number of nitrogens with zero attached hydrogens (tertiary/aromatic N) is 5. The highest BCUT2D eigenvalue weighted by Crippen LogP contribution is 2.51.